The first-order valence-corrected chi connectivity index (χ1v) is 7.56. The predicted octanol–water partition coefficient (Wildman–Crippen LogP) is 1.64. The van der Waals surface area contributed by atoms with Crippen LogP contribution in [0.4, 0.5) is 10.6 Å². The summed E-state index contributed by atoms with van der Waals surface area (Å²) in [6.07, 6.45) is -2.01. The van der Waals surface area contributed by atoms with E-state index in [0.29, 0.717) is 0 Å². The van der Waals surface area contributed by atoms with Gasteiger partial charge in [0.25, 0.3) is 0 Å². The fraction of sp³-hybridized carbons (Fsp3) is 0.250. The quantitative estimate of drug-likeness (QED) is 0.628. The van der Waals surface area contributed by atoms with E-state index in [0.717, 1.165) is 5.56 Å². The lowest BCUT2D eigenvalue weighted by molar-refractivity contribution is 0.0187. The van der Waals surface area contributed by atoms with Gasteiger partial charge in [0.15, 0.2) is 0 Å². The van der Waals surface area contributed by atoms with Crippen molar-refractivity contribution in [1.82, 2.24) is 10.3 Å². The van der Waals surface area contributed by atoms with Crippen molar-refractivity contribution >= 4 is 23.5 Å². The van der Waals surface area contributed by atoms with Gasteiger partial charge in [-0.15, -0.1) is 0 Å². The molecule has 5 N–H and O–H groups in total. The molecule has 8 heteroatoms. The molecule has 1 aromatic carbocycles. The third kappa shape index (κ3) is 5.09. The average molecular weight is 352 g/mol. The van der Waals surface area contributed by atoms with Crippen LogP contribution >= 0.6 is 11.6 Å². The Balaban J connectivity index is 1.82. The van der Waals surface area contributed by atoms with Gasteiger partial charge in [0, 0.05) is 18.3 Å². The van der Waals surface area contributed by atoms with Crippen LogP contribution in [0.1, 0.15) is 17.2 Å². The monoisotopic (exact) mass is 351 g/mol. The number of carbonyl (C=O) groups excluding carboxylic acids is 1. The Morgan fingerprint density at radius 3 is 2.75 bits per heavy atom. The SMILES string of the molecule is Nc1ncc(Cl)cc1C(O)C(O)CNC(=O)OCc1ccccc1. The van der Waals surface area contributed by atoms with Gasteiger partial charge in [-0.3, -0.25) is 0 Å². The number of nitrogens with zero attached hydrogens (tertiary/aromatic N) is 1. The minimum absolute atomic E-state index is 0.0533. The molecule has 7 nitrogen and oxygen atoms in total. The summed E-state index contributed by atoms with van der Waals surface area (Å²) in [7, 11) is 0. The van der Waals surface area contributed by atoms with Crippen LogP contribution in [0, 0.1) is 0 Å². The number of rotatable bonds is 6. The zero-order chi connectivity index (χ0) is 17.5. The number of pyridine rings is 1. The van der Waals surface area contributed by atoms with Crippen LogP contribution in [0.25, 0.3) is 0 Å². The highest BCUT2D eigenvalue weighted by atomic mass is 35.5. The fourth-order valence-electron chi connectivity index (χ4n) is 1.98. The van der Waals surface area contributed by atoms with Crippen LogP contribution in [0.5, 0.6) is 0 Å². The first kappa shape index (κ1) is 18.0. The molecule has 0 saturated heterocycles. The molecule has 0 saturated carbocycles. The summed E-state index contributed by atoms with van der Waals surface area (Å²) in [5.74, 6) is 0.0533. The van der Waals surface area contributed by atoms with Gasteiger partial charge in [0.05, 0.1) is 5.02 Å². The molecule has 1 aromatic heterocycles. The van der Waals surface area contributed by atoms with Gasteiger partial charge in [-0.2, -0.15) is 0 Å². The van der Waals surface area contributed by atoms with E-state index >= 15 is 0 Å². The third-order valence-corrected chi connectivity index (χ3v) is 3.47. The second kappa shape index (κ2) is 8.49. The van der Waals surface area contributed by atoms with Gasteiger partial charge in [-0.25, -0.2) is 9.78 Å². The summed E-state index contributed by atoms with van der Waals surface area (Å²) >= 11 is 5.79. The highest BCUT2D eigenvalue weighted by molar-refractivity contribution is 6.30. The minimum Gasteiger partial charge on any atom is -0.445 e. The number of nitrogens with two attached hydrogens (primary N) is 1. The molecule has 0 spiro atoms. The summed E-state index contributed by atoms with van der Waals surface area (Å²) < 4.78 is 5.01. The molecule has 1 amide bonds. The summed E-state index contributed by atoms with van der Waals surface area (Å²) in [5, 5.41) is 22.7. The largest absolute Gasteiger partial charge is 0.445 e. The van der Waals surface area contributed by atoms with Gasteiger partial charge in [0.2, 0.25) is 0 Å². The van der Waals surface area contributed by atoms with Crippen molar-refractivity contribution < 1.29 is 19.7 Å². The molecular formula is C16H18ClN3O4. The van der Waals surface area contributed by atoms with Crippen LogP contribution in [-0.4, -0.2) is 33.9 Å². The lowest BCUT2D eigenvalue weighted by Crippen LogP contribution is -2.36. The van der Waals surface area contributed by atoms with Crippen molar-refractivity contribution in [1.29, 1.82) is 0 Å². The first-order chi connectivity index (χ1) is 11.5. The zero-order valence-electron chi connectivity index (χ0n) is 12.7. The number of aliphatic hydroxyl groups excluding tert-OH is 2. The number of halogens is 1. The van der Waals surface area contributed by atoms with Crippen molar-refractivity contribution in [3.8, 4) is 0 Å². The van der Waals surface area contributed by atoms with E-state index in [1.807, 2.05) is 30.3 Å². The number of anilines is 1. The summed E-state index contributed by atoms with van der Waals surface area (Å²) in [6, 6.07) is 10.6. The fourth-order valence-corrected chi connectivity index (χ4v) is 2.15. The third-order valence-electron chi connectivity index (χ3n) is 3.27. The molecule has 2 rings (SSSR count). The molecule has 0 radical (unpaired) electrons. The normalized spacial score (nSPS) is 13.1. The van der Waals surface area contributed by atoms with Gasteiger partial charge in [-0.05, 0) is 11.6 Å². The molecule has 2 atom stereocenters. The van der Waals surface area contributed by atoms with Crippen molar-refractivity contribution in [3.05, 3.63) is 58.7 Å². The molecule has 0 aliphatic rings. The Kier molecular flexibility index (Phi) is 6.36. The molecule has 0 fully saturated rings. The summed E-state index contributed by atoms with van der Waals surface area (Å²) in [4.78, 5) is 15.4. The van der Waals surface area contributed by atoms with E-state index in [2.05, 4.69) is 10.3 Å². The zero-order valence-corrected chi connectivity index (χ0v) is 13.5. The molecule has 24 heavy (non-hydrogen) atoms. The number of amides is 1. The van der Waals surface area contributed by atoms with Gasteiger partial charge in [-0.1, -0.05) is 41.9 Å². The number of aromatic nitrogens is 1. The van der Waals surface area contributed by atoms with Crippen LogP contribution in [0.15, 0.2) is 42.6 Å². The summed E-state index contributed by atoms with van der Waals surface area (Å²) in [6.45, 7) is -0.114. The smallest absolute Gasteiger partial charge is 0.407 e. The van der Waals surface area contributed by atoms with E-state index in [1.165, 1.54) is 12.3 Å². The number of nitrogen functional groups attached to an aromatic ring is 1. The Hall–Kier alpha value is -2.35. The van der Waals surface area contributed by atoms with Crippen LogP contribution in [0.2, 0.25) is 5.02 Å². The Morgan fingerprint density at radius 1 is 1.33 bits per heavy atom. The minimum atomic E-state index is -1.34. The molecule has 2 unspecified atom stereocenters. The Labute approximate surface area is 144 Å². The average Bonchev–Trinajstić information content (AvgIpc) is 2.60. The van der Waals surface area contributed by atoms with E-state index in [1.54, 1.807) is 0 Å². The highest BCUT2D eigenvalue weighted by Gasteiger charge is 2.22. The van der Waals surface area contributed by atoms with E-state index in [-0.39, 0.29) is 29.6 Å². The van der Waals surface area contributed by atoms with E-state index in [4.69, 9.17) is 22.1 Å². The second-order valence-corrected chi connectivity index (χ2v) is 5.52. The van der Waals surface area contributed by atoms with Gasteiger partial charge >= 0.3 is 6.09 Å². The van der Waals surface area contributed by atoms with Gasteiger partial charge < -0.3 is 26.0 Å². The maximum atomic E-state index is 11.6. The number of alkyl carbamates (subject to hydrolysis) is 1. The maximum absolute atomic E-state index is 11.6. The maximum Gasteiger partial charge on any atom is 0.407 e. The van der Waals surface area contributed by atoms with E-state index < -0.39 is 18.3 Å². The van der Waals surface area contributed by atoms with Crippen molar-refractivity contribution in [3.63, 3.8) is 0 Å². The van der Waals surface area contributed by atoms with Crippen molar-refractivity contribution in [2.45, 2.75) is 18.8 Å². The molecule has 2 aromatic rings. The number of carbonyl (C=O) groups is 1. The number of ether oxygens (including phenoxy) is 1. The number of hydrogen-bond acceptors (Lipinski definition) is 6. The number of hydrogen-bond donors (Lipinski definition) is 4. The lowest BCUT2D eigenvalue weighted by Gasteiger charge is -2.19. The number of nitrogens with one attached hydrogen (secondary N) is 1. The summed E-state index contributed by atoms with van der Waals surface area (Å²) in [5.41, 5.74) is 6.67. The van der Waals surface area contributed by atoms with Crippen LogP contribution < -0.4 is 11.1 Å². The predicted molar refractivity (Wildman–Crippen MR) is 89.3 cm³/mol. The molecule has 0 bridgehead atoms. The first-order valence-electron chi connectivity index (χ1n) is 7.19. The Bertz CT molecular complexity index is 684. The molecule has 0 aliphatic heterocycles. The number of benzene rings is 1. The van der Waals surface area contributed by atoms with Crippen molar-refractivity contribution in [2.24, 2.45) is 0 Å². The standard InChI is InChI=1S/C16H18ClN3O4/c17-11-6-12(15(18)19-7-11)14(22)13(21)8-20-16(23)24-9-10-4-2-1-3-5-10/h1-7,13-14,21-22H,8-9H2,(H2,18,19)(H,20,23). The van der Waals surface area contributed by atoms with Crippen molar-refractivity contribution in [2.75, 3.05) is 12.3 Å². The Morgan fingerprint density at radius 2 is 2.04 bits per heavy atom. The molecule has 1 heterocycles. The molecule has 128 valence electrons. The van der Waals surface area contributed by atoms with Gasteiger partial charge in [0.1, 0.15) is 24.6 Å². The molecule has 0 aliphatic carbocycles. The molecular weight excluding hydrogens is 334 g/mol. The number of aliphatic hydroxyl groups is 2. The van der Waals surface area contributed by atoms with E-state index in [9.17, 15) is 15.0 Å². The topological polar surface area (TPSA) is 118 Å². The highest BCUT2D eigenvalue weighted by Crippen LogP contribution is 2.24. The lowest BCUT2D eigenvalue weighted by atomic mass is 10.1. The van der Waals surface area contributed by atoms with Crippen LogP contribution in [0.3, 0.4) is 0 Å². The van der Waals surface area contributed by atoms with Crippen LogP contribution in [-0.2, 0) is 11.3 Å². The second-order valence-electron chi connectivity index (χ2n) is 5.08.